The molecule has 0 atom stereocenters. The van der Waals surface area contributed by atoms with E-state index in [2.05, 4.69) is 253 Å². The second kappa shape index (κ2) is 19.0. The Labute approximate surface area is 439 Å². The molecule has 0 saturated heterocycles. The van der Waals surface area contributed by atoms with Gasteiger partial charge in [-0.05, 0) is 116 Å². The molecule has 0 aliphatic carbocycles. The first-order valence-corrected chi connectivity index (χ1v) is 25.5. The average Bonchev–Trinajstić information content (AvgIpc) is 3.52. The van der Waals surface area contributed by atoms with E-state index < -0.39 is 0 Å². The Hall–Kier alpha value is -10.3. The molecule has 0 saturated carbocycles. The van der Waals surface area contributed by atoms with Crippen LogP contribution in [0.1, 0.15) is 0 Å². The normalized spacial score (nSPS) is 11.4. The topological polar surface area (TPSA) is 77.3 Å². The summed E-state index contributed by atoms with van der Waals surface area (Å²) in [6.07, 6.45) is 3.66. The summed E-state index contributed by atoms with van der Waals surface area (Å²) in [5.74, 6) is 1.32. The first kappa shape index (κ1) is 44.4. The molecule has 0 radical (unpaired) electrons. The van der Waals surface area contributed by atoms with Crippen LogP contribution in [0, 0.1) is 0 Å². The third kappa shape index (κ3) is 8.70. The van der Waals surface area contributed by atoms with Crippen LogP contribution in [0.15, 0.2) is 267 Å². The highest BCUT2D eigenvalue weighted by Gasteiger charge is 2.15. The number of pyridine rings is 2. The summed E-state index contributed by atoms with van der Waals surface area (Å²) in [4.78, 5) is 29.9. The first-order chi connectivity index (χ1) is 37.6. The zero-order chi connectivity index (χ0) is 50.4. The summed E-state index contributed by atoms with van der Waals surface area (Å²) < 4.78 is 0. The standard InChI is InChI=1S/C70H44N6/c1-3-9-55-39-61(31-21-45(55)7-1)67-43-65(51-23-13-49(14-24-51)57-33-35-63-59(41-57)11-5-37-71-63)73-69(75-67)53-27-17-47(18-28-53)48-19-29-54(30-20-48)70-74-66(44-68(76-70)62-32-22-46-8-2-4-10-56(46)40-62)52-25-15-50(16-26-52)58-34-36-64-60(42-58)12-6-38-72-64/h1-44H. The zero-order valence-electron chi connectivity index (χ0n) is 41.1. The first-order valence-electron chi connectivity index (χ1n) is 25.5. The lowest BCUT2D eigenvalue weighted by atomic mass is 9.99. The van der Waals surface area contributed by atoms with Crippen LogP contribution in [0.2, 0.25) is 0 Å². The van der Waals surface area contributed by atoms with Crippen LogP contribution < -0.4 is 0 Å². The van der Waals surface area contributed by atoms with E-state index in [0.29, 0.717) is 11.6 Å². The lowest BCUT2D eigenvalue weighted by molar-refractivity contribution is 1.18. The van der Waals surface area contributed by atoms with Gasteiger partial charge < -0.3 is 0 Å². The third-order valence-corrected chi connectivity index (χ3v) is 14.4. The molecule has 0 aliphatic rings. The molecule has 76 heavy (non-hydrogen) atoms. The molecule has 0 unspecified atom stereocenters. The number of nitrogens with zero attached hydrogens (tertiary/aromatic N) is 6. The number of fused-ring (bicyclic) bond motifs is 4. The minimum atomic E-state index is 0.661. The van der Waals surface area contributed by atoms with Gasteiger partial charge in [-0.15, -0.1) is 0 Å². The van der Waals surface area contributed by atoms with Crippen molar-refractivity contribution < 1.29 is 0 Å². The van der Waals surface area contributed by atoms with Crippen LogP contribution in [0.25, 0.3) is 145 Å². The van der Waals surface area contributed by atoms with Gasteiger partial charge in [-0.2, -0.15) is 0 Å². The largest absolute Gasteiger partial charge is 0.256 e. The molecular formula is C70H44N6. The summed E-state index contributed by atoms with van der Waals surface area (Å²) in [5.41, 5.74) is 18.1. The number of benzene rings is 10. The van der Waals surface area contributed by atoms with Crippen LogP contribution >= 0.6 is 0 Å². The van der Waals surface area contributed by atoms with Crippen molar-refractivity contribution in [2.45, 2.75) is 0 Å². The quantitative estimate of drug-likeness (QED) is 0.143. The smallest absolute Gasteiger partial charge is 0.160 e. The molecule has 354 valence electrons. The fourth-order valence-electron chi connectivity index (χ4n) is 10.2. The molecule has 14 aromatic rings. The van der Waals surface area contributed by atoms with Gasteiger partial charge in [0.2, 0.25) is 0 Å². The molecule has 6 nitrogen and oxygen atoms in total. The molecule has 0 bridgehead atoms. The van der Waals surface area contributed by atoms with Crippen molar-refractivity contribution in [2.75, 3.05) is 0 Å². The maximum atomic E-state index is 5.22. The highest BCUT2D eigenvalue weighted by Crippen LogP contribution is 2.35. The van der Waals surface area contributed by atoms with Gasteiger partial charge in [-0.3, -0.25) is 9.97 Å². The lowest BCUT2D eigenvalue weighted by Crippen LogP contribution is -1.96. The maximum absolute atomic E-state index is 5.22. The van der Waals surface area contributed by atoms with E-state index in [1.807, 2.05) is 24.5 Å². The maximum Gasteiger partial charge on any atom is 0.160 e. The summed E-state index contributed by atoms with van der Waals surface area (Å²) >= 11 is 0. The Kier molecular flexibility index (Phi) is 11.1. The summed E-state index contributed by atoms with van der Waals surface area (Å²) in [5, 5.41) is 6.94. The number of aromatic nitrogens is 6. The lowest BCUT2D eigenvalue weighted by Gasteiger charge is -2.12. The van der Waals surface area contributed by atoms with Crippen LogP contribution in [-0.4, -0.2) is 29.9 Å². The summed E-state index contributed by atoms with van der Waals surface area (Å²) in [6, 6.07) is 89.5. The highest BCUT2D eigenvalue weighted by molar-refractivity contribution is 5.90. The van der Waals surface area contributed by atoms with Gasteiger partial charge in [-0.25, -0.2) is 19.9 Å². The molecule has 0 aliphatic heterocycles. The predicted molar refractivity (Wildman–Crippen MR) is 312 cm³/mol. The van der Waals surface area contributed by atoms with Gasteiger partial charge in [0.05, 0.1) is 33.8 Å². The van der Waals surface area contributed by atoms with Crippen molar-refractivity contribution in [3.05, 3.63) is 267 Å². The summed E-state index contributed by atoms with van der Waals surface area (Å²) in [7, 11) is 0. The fourth-order valence-corrected chi connectivity index (χ4v) is 10.2. The van der Waals surface area contributed by atoms with Crippen molar-refractivity contribution in [3.63, 3.8) is 0 Å². The van der Waals surface area contributed by atoms with Gasteiger partial charge in [0.15, 0.2) is 11.6 Å². The van der Waals surface area contributed by atoms with Crippen molar-refractivity contribution in [1.82, 2.24) is 29.9 Å². The van der Waals surface area contributed by atoms with Crippen molar-refractivity contribution in [2.24, 2.45) is 0 Å². The molecule has 0 amide bonds. The van der Waals surface area contributed by atoms with E-state index in [0.717, 1.165) is 122 Å². The highest BCUT2D eigenvalue weighted by atomic mass is 14.9. The minimum absolute atomic E-state index is 0.661. The molecule has 14 rings (SSSR count). The molecule has 0 spiro atoms. The molecule has 6 heteroatoms. The second-order valence-electron chi connectivity index (χ2n) is 19.2. The monoisotopic (exact) mass is 968 g/mol. The fraction of sp³-hybridized carbons (Fsp3) is 0. The van der Waals surface area contributed by atoms with Gasteiger partial charge in [0.25, 0.3) is 0 Å². The Morgan fingerprint density at radius 2 is 0.474 bits per heavy atom. The predicted octanol–water partition coefficient (Wildman–Crippen LogP) is 17.7. The van der Waals surface area contributed by atoms with Crippen LogP contribution in [0.4, 0.5) is 0 Å². The molecule has 10 aromatic carbocycles. The number of hydrogen-bond acceptors (Lipinski definition) is 6. The van der Waals surface area contributed by atoms with E-state index in [1.165, 1.54) is 10.8 Å². The summed E-state index contributed by atoms with van der Waals surface area (Å²) in [6.45, 7) is 0. The van der Waals surface area contributed by atoms with Gasteiger partial charge >= 0.3 is 0 Å². The van der Waals surface area contributed by atoms with Gasteiger partial charge in [0, 0.05) is 56.5 Å². The molecule has 0 N–H and O–H groups in total. The van der Waals surface area contributed by atoms with E-state index in [9.17, 15) is 0 Å². The average molecular weight is 969 g/mol. The van der Waals surface area contributed by atoms with Crippen LogP contribution in [-0.2, 0) is 0 Å². The molecule has 0 fully saturated rings. The van der Waals surface area contributed by atoms with E-state index in [-0.39, 0.29) is 0 Å². The van der Waals surface area contributed by atoms with Crippen molar-refractivity contribution >= 4 is 43.4 Å². The molecule has 4 heterocycles. The Bertz CT molecular complexity index is 4200. The molecular weight excluding hydrogens is 925 g/mol. The van der Waals surface area contributed by atoms with Crippen LogP contribution in [0.5, 0.6) is 0 Å². The van der Waals surface area contributed by atoms with E-state index >= 15 is 0 Å². The number of rotatable bonds is 9. The van der Waals surface area contributed by atoms with E-state index in [1.54, 1.807) is 0 Å². The zero-order valence-corrected chi connectivity index (χ0v) is 41.1. The third-order valence-electron chi connectivity index (χ3n) is 14.4. The van der Waals surface area contributed by atoms with E-state index in [4.69, 9.17) is 19.9 Å². The second-order valence-corrected chi connectivity index (χ2v) is 19.2. The number of hydrogen-bond donors (Lipinski definition) is 0. The van der Waals surface area contributed by atoms with Gasteiger partial charge in [0.1, 0.15) is 0 Å². The Balaban J connectivity index is 0.781. The SMILES string of the molecule is c1ccc2cc(-c3cc(-c4ccc(-c5ccc6ncccc6c5)cc4)nc(-c4ccc(-c5ccc(-c6nc(-c7ccc(-c8ccc9ncccc9c8)cc7)cc(-c7ccc8ccccc8c7)n6)cc5)cc4)n3)ccc2c1. The van der Waals surface area contributed by atoms with Crippen molar-refractivity contribution in [1.29, 1.82) is 0 Å². The Morgan fingerprint density at radius 1 is 0.184 bits per heavy atom. The Morgan fingerprint density at radius 3 is 0.882 bits per heavy atom. The van der Waals surface area contributed by atoms with Crippen molar-refractivity contribution in [3.8, 4) is 101 Å². The molecule has 4 aromatic heterocycles. The minimum Gasteiger partial charge on any atom is -0.256 e. The van der Waals surface area contributed by atoms with Crippen LogP contribution in [0.3, 0.4) is 0 Å². The van der Waals surface area contributed by atoms with Gasteiger partial charge in [-0.1, -0.05) is 194 Å².